The van der Waals surface area contributed by atoms with E-state index >= 15 is 0 Å². The van der Waals surface area contributed by atoms with Crippen LogP contribution in [0.4, 0.5) is 4.39 Å². The van der Waals surface area contributed by atoms with Crippen LogP contribution in [0.1, 0.15) is 22.8 Å². The highest BCUT2D eigenvalue weighted by Crippen LogP contribution is 2.21. The lowest BCUT2D eigenvalue weighted by molar-refractivity contribution is 0.0996. The average molecular weight is 280 g/mol. The molecule has 0 heterocycles. The monoisotopic (exact) mass is 278 g/mol. The SMILES string of the molecule is CC(Br)C(=O)c1cc(CF)ccc1Cl. The van der Waals surface area contributed by atoms with Crippen molar-refractivity contribution < 1.29 is 9.18 Å². The molecule has 0 aliphatic heterocycles. The van der Waals surface area contributed by atoms with E-state index in [1.807, 2.05) is 0 Å². The summed E-state index contributed by atoms with van der Waals surface area (Å²) >= 11 is 8.98. The van der Waals surface area contributed by atoms with Crippen LogP contribution in [-0.4, -0.2) is 10.6 Å². The van der Waals surface area contributed by atoms with E-state index in [0.29, 0.717) is 16.1 Å². The fourth-order valence-electron chi connectivity index (χ4n) is 1.06. The van der Waals surface area contributed by atoms with Gasteiger partial charge < -0.3 is 0 Å². The molecule has 0 aliphatic carbocycles. The summed E-state index contributed by atoms with van der Waals surface area (Å²) in [6.07, 6.45) is 0. The molecule has 1 aromatic rings. The summed E-state index contributed by atoms with van der Waals surface area (Å²) in [7, 11) is 0. The van der Waals surface area contributed by atoms with Crippen molar-refractivity contribution in [2.24, 2.45) is 0 Å². The highest BCUT2D eigenvalue weighted by Gasteiger charge is 2.15. The van der Waals surface area contributed by atoms with E-state index in [2.05, 4.69) is 15.9 Å². The van der Waals surface area contributed by atoms with Crippen LogP contribution in [0.15, 0.2) is 18.2 Å². The smallest absolute Gasteiger partial charge is 0.177 e. The van der Waals surface area contributed by atoms with Crippen LogP contribution >= 0.6 is 27.5 Å². The van der Waals surface area contributed by atoms with E-state index < -0.39 is 6.67 Å². The van der Waals surface area contributed by atoms with Crippen LogP contribution in [0.5, 0.6) is 0 Å². The Morgan fingerprint density at radius 2 is 2.29 bits per heavy atom. The van der Waals surface area contributed by atoms with Gasteiger partial charge in [0.1, 0.15) is 6.67 Å². The molecule has 0 saturated heterocycles. The predicted octanol–water partition coefficient (Wildman–Crippen LogP) is 3.78. The number of carbonyl (C=O) groups is 1. The summed E-state index contributed by atoms with van der Waals surface area (Å²) in [5, 5.41) is 0.360. The molecule has 0 saturated carbocycles. The topological polar surface area (TPSA) is 17.1 Å². The normalized spacial score (nSPS) is 12.6. The van der Waals surface area contributed by atoms with Crippen molar-refractivity contribution >= 4 is 33.3 Å². The molecule has 14 heavy (non-hydrogen) atoms. The van der Waals surface area contributed by atoms with Crippen molar-refractivity contribution in [2.45, 2.75) is 18.4 Å². The predicted molar refractivity (Wildman–Crippen MR) is 59.0 cm³/mol. The lowest BCUT2D eigenvalue weighted by Crippen LogP contribution is -2.10. The van der Waals surface area contributed by atoms with Crippen LogP contribution in [-0.2, 0) is 6.67 Å². The minimum absolute atomic E-state index is 0.134. The Kier molecular flexibility index (Phi) is 4.08. The maximum atomic E-state index is 12.3. The number of halogens is 3. The quantitative estimate of drug-likeness (QED) is 0.608. The molecule has 1 aromatic carbocycles. The maximum Gasteiger partial charge on any atom is 0.177 e. The molecule has 4 heteroatoms. The minimum atomic E-state index is -0.589. The molecule has 0 aromatic heterocycles. The largest absolute Gasteiger partial charge is 0.293 e. The first kappa shape index (κ1) is 11.7. The van der Waals surface area contributed by atoms with E-state index in [-0.39, 0.29) is 10.6 Å². The first-order valence-corrected chi connectivity index (χ1v) is 5.38. The number of benzene rings is 1. The fraction of sp³-hybridized carbons (Fsp3) is 0.300. The maximum absolute atomic E-state index is 12.3. The molecule has 0 spiro atoms. The van der Waals surface area contributed by atoms with E-state index in [4.69, 9.17) is 11.6 Å². The molecule has 1 rings (SSSR count). The zero-order valence-corrected chi connectivity index (χ0v) is 9.90. The molecule has 1 unspecified atom stereocenters. The zero-order valence-electron chi connectivity index (χ0n) is 7.56. The molecule has 0 N–H and O–H groups in total. The molecule has 0 bridgehead atoms. The van der Waals surface area contributed by atoms with Crippen LogP contribution in [0.2, 0.25) is 5.02 Å². The summed E-state index contributed by atoms with van der Waals surface area (Å²) in [6.45, 7) is 1.12. The van der Waals surface area contributed by atoms with Gasteiger partial charge in [0.25, 0.3) is 0 Å². The van der Waals surface area contributed by atoms with Gasteiger partial charge in [-0.25, -0.2) is 4.39 Å². The van der Waals surface area contributed by atoms with Crippen LogP contribution in [0.3, 0.4) is 0 Å². The second-order valence-electron chi connectivity index (χ2n) is 2.93. The van der Waals surface area contributed by atoms with Gasteiger partial charge in [-0.2, -0.15) is 0 Å². The molecule has 76 valence electrons. The van der Waals surface area contributed by atoms with E-state index in [1.54, 1.807) is 19.1 Å². The molecular weight excluding hydrogens is 270 g/mol. The van der Waals surface area contributed by atoms with Gasteiger partial charge in [0, 0.05) is 5.56 Å². The fourth-order valence-corrected chi connectivity index (χ4v) is 1.52. The molecule has 1 nitrogen and oxygen atoms in total. The Labute approximate surface area is 95.4 Å². The number of hydrogen-bond donors (Lipinski definition) is 0. The third-order valence-corrected chi connectivity index (χ3v) is 2.56. The average Bonchev–Trinajstić information content (AvgIpc) is 2.17. The van der Waals surface area contributed by atoms with Gasteiger partial charge in [0.05, 0.1) is 9.85 Å². The molecule has 1 atom stereocenters. The highest BCUT2D eigenvalue weighted by atomic mass is 79.9. The minimum Gasteiger partial charge on any atom is -0.293 e. The molecule has 0 radical (unpaired) electrons. The number of rotatable bonds is 3. The van der Waals surface area contributed by atoms with Crippen LogP contribution in [0.25, 0.3) is 0 Å². The molecule has 0 amide bonds. The van der Waals surface area contributed by atoms with Crippen molar-refractivity contribution in [2.75, 3.05) is 0 Å². The van der Waals surface area contributed by atoms with Crippen LogP contribution in [0, 0.1) is 0 Å². The standard InChI is InChI=1S/C10H9BrClFO/c1-6(11)10(14)8-4-7(5-13)2-3-9(8)12/h2-4,6H,5H2,1H3. The lowest BCUT2D eigenvalue weighted by Gasteiger charge is -2.06. The molecule has 0 fully saturated rings. The van der Waals surface area contributed by atoms with Gasteiger partial charge in [-0.05, 0) is 24.6 Å². The summed E-state index contributed by atoms with van der Waals surface area (Å²) in [5.74, 6) is -0.134. The Hall–Kier alpha value is -0.410. The second-order valence-corrected chi connectivity index (χ2v) is 4.71. The Bertz CT molecular complexity index is 352. The van der Waals surface area contributed by atoms with Gasteiger partial charge in [0.2, 0.25) is 0 Å². The van der Waals surface area contributed by atoms with Crippen molar-refractivity contribution in [3.63, 3.8) is 0 Å². The molecule has 0 aliphatic rings. The second kappa shape index (κ2) is 4.89. The van der Waals surface area contributed by atoms with Gasteiger partial charge in [-0.15, -0.1) is 0 Å². The van der Waals surface area contributed by atoms with Crippen molar-refractivity contribution in [3.05, 3.63) is 34.3 Å². The van der Waals surface area contributed by atoms with Crippen LogP contribution < -0.4 is 0 Å². The Morgan fingerprint density at radius 1 is 1.64 bits per heavy atom. The first-order chi connectivity index (χ1) is 6.56. The third-order valence-electron chi connectivity index (χ3n) is 1.81. The van der Waals surface area contributed by atoms with Gasteiger partial charge in [0.15, 0.2) is 5.78 Å². The number of carbonyl (C=O) groups excluding carboxylic acids is 1. The third kappa shape index (κ3) is 2.55. The Balaban J connectivity index is 3.12. The molecular formula is C10H9BrClFO. The summed E-state index contributed by atoms with van der Waals surface area (Å²) in [5.41, 5.74) is 0.831. The van der Waals surface area contributed by atoms with E-state index in [9.17, 15) is 9.18 Å². The van der Waals surface area contributed by atoms with E-state index in [1.165, 1.54) is 6.07 Å². The van der Waals surface area contributed by atoms with Crippen molar-refractivity contribution in [1.82, 2.24) is 0 Å². The lowest BCUT2D eigenvalue weighted by atomic mass is 10.1. The summed E-state index contributed by atoms with van der Waals surface area (Å²) < 4.78 is 12.3. The number of ketones is 1. The Morgan fingerprint density at radius 3 is 2.79 bits per heavy atom. The number of hydrogen-bond acceptors (Lipinski definition) is 1. The van der Waals surface area contributed by atoms with Gasteiger partial charge >= 0.3 is 0 Å². The highest BCUT2D eigenvalue weighted by molar-refractivity contribution is 9.10. The zero-order chi connectivity index (χ0) is 10.7. The number of Topliss-reactive ketones (excluding diaryl/α,β-unsaturated/α-hetero) is 1. The van der Waals surface area contributed by atoms with Gasteiger partial charge in [-0.3, -0.25) is 4.79 Å². The summed E-state index contributed by atoms with van der Waals surface area (Å²) in [6, 6.07) is 4.60. The summed E-state index contributed by atoms with van der Waals surface area (Å²) in [4.78, 5) is 11.3. The van der Waals surface area contributed by atoms with E-state index in [0.717, 1.165) is 0 Å². The van der Waals surface area contributed by atoms with Gasteiger partial charge in [-0.1, -0.05) is 33.6 Å². The number of alkyl halides is 2. The first-order valence-electron chi connectivity index (χ1n) is 4.09. The van der Waals surface area contributed by atoms with Crippen molar-refractivity contribution in [1.29, 1.82) is 0 Å². The van der Waals surface area contributed by atoms with Crippen molar-refractivity contribution in [3.8, 4) is 0 Å².